The Bertz CT molecular complexity index is 517. The van der Waals surface area contributed by atoms with Crippen LogP contribution in [0.5, 0.6) is 0 Å². The first-order valence-electron chi connectivity index (χ1n) is 7.93. The Morgan fingerprint density at radius 2 is 1.67 bits per heavy atom. The second-order valence-corrected chi connectivity index (χ2v) is 5.62. The normalized spacial score (nSPS) is 16.5. The molecule has 0 aliphatic carbocycles. The molecule has 2 atom stereocenters. The van der Waals surface area contributed by atoms with Crippen LogP contribution in [0.15, 0.2) is 0 Å². The number of nitrogens with zero attached hydrogens (tertiary/aromatic N) is 1. The molecule has 9 nitrogen and oxygen atoms in total. The summed E-state index contributed by atoms with van der Waals surface area (Å²) >= 11 is 0. The molecule has 0 spiro atoms. The fraction of sp³-hybridized carbons (Fsp3) is 0.667. The lowest BCUT2D eigenvalue weighted by Crippen LogP contribution is -2.50. The molecule has 1 aliphatic rings. The molecule has 1 saturated heterocycles. The second kappa shape index (κ2) is 8.99. The summed E-state index contributed by atoms with van der Waals surface area (Å²) < 4.78 is 0. The highest BCUT2D eigenvalue weighted by atomic mass is 16.7. The van der Waals surface area contributed by atoms with Crippen LogP contribution in [-0.4, -0.2) is 46.7 Å². The van der Waals surface area contributed by atoms with Crippen molar-refractivity contribution in [2.24, 2.45) is 0 Å². The zero-order valence-electron chi connectivity index (χ0n) is 14.1. The van der Waals surface area contributed by atoms with E-state index in [2.05, 4.69) is 10.6 Å². The molecule has 1 rings (SSSR count). The van der Waals surface area contributed by atoms with Gasteiger partial charge in [0.05, 0.1) is 0 Å². The lowest BCUT2D eigenvalue weighted by atomic mass is 10.2. The maximum atomic E-state index is 12.0. The molecule has 0 aromatic heterocycles. The van der Waals surface area contributed by atoms with Gasteiger partial charge in [0.15, 0.2) is 0 Å². The second-order valence-electron chi connectivity index (χ2n) is 5.62. The molecule has 1 fully saturated rings. The van der Waals surface area contributed by atoms with Crippen molar-refractivity contribution in [1.29, 1.82) is 0 Å². The predicted octanol–water partition coefficient (Wildman–Crippen LogP) is -0.207. The van der Waals surface area contributed by atoms with Crippen LogP contribution in [0.4, 0.5) is 0 Å². The predicted molar refractivity (Wildman–Crippen MR) is 81.9 cm³/mol. The van der Waals surface area contributed by atoms with Gasteiger partial charge in [-0.05, 0) is 20.3 Å². The average Bonchev–Trinajstić information content (AvgIpc) is 2.84. The fourth-order valence-electron chi connectivity index (χ4n) is 1.94. The van der Waals surface area contributed by atoms with Crippen LogP contribution in [-0.2, 0) is 28.8 Å². The van der Waals surface area contributed by atoms with E-state index in [4.69, 9.17) is 4.84 Å². The summed E-state index contributed by atoms with van der Waals surface area (Å²) in [5, 5.41) is 5.31. The third-order valence-electron chi connectivity index (χ3n) is 3.43. The summed E-state index contributed by atoms with van der Waals surface area (Å²) in [7, 11) is 0. The Balaban J connectivity index is 2.44. The van der Waals surface area contributed by atoms with Gasteiger partial charge in [-0.25, -0.2) is 4.79 Å². The summed E-state index contributed by atoms with van der Waals surface area (Å²) in [6.07, 6.45) is 1.90. The number of hydrogen-bond acceptors (Lipinski definition) is 6. The number of nitrogens with one attached hydrogen (secondary N) is 2. The molecular weight excluding hydrogens is 318 g/mol. The van der Waals surface area contributed by atoms with Gasteiger partial charge in [-0.1, -0.05) is 13.3 Å². The molecular formula is C15H23N3O6. The molecule has 1 heterocycles. The van der Waals surface area contributed by atoms with Crippen LogP contribution in [0.3, 0.4) is 0 Å². The summed E-state index contributed by atoms with van der Waals surface area (Å²) in [5.74, 6) is -2.94. The molecule has 1 aliphatic heterocycles. The highest BCUT2D eigenvalue weighted by Crippen LogP contribution is 2.12. The molecule has 24 heavy (non-hydrogen) atoms. The van der Waals surface area contributed by atoms with Gasteiger partial charge in [-0.2, -0.15) is 0 Å². The fourth-order valence-corrected chi connectivity index (χ4v) is 1.94. The first-order valence-corrected chi connectivity index (χ1v) is 7.93. The number of carbonyl (C=O) groups excluding carboxylic acids is 5. The quantitative estimate of drug-likeness (QED) is 0.589. The topological polar surface area (TPSA) is 122 Å². The van der Waals surface area contributed by atoms with Gasteiger partial charge in [0.1, 0.15) is 12.1 Å². The van der Waals surface area contributed by atoms with Crippen LogP contribution in [0.2, 0.25) is 0 Å². The Morgan fingerprint density at radius 1 is 1.08 bits per heavy atom. The first-order chi connectivity index (χ1) is 11.3. The van der Waals surface area contributed by atoms with Crippen molar-refractivity contribution in [3.05, 3.63) is 0 Å². The standard InChI is InChI=1S/C15H23N3O6/c1-4-5-6-11(19)16-9(2)14(22)17-10(3)15(23)24-18-12(20)7-8-13(18)21/h9-10H,4-8H2,1-3H3,(H,16,19)(H,17,22)/t9-,10-/m0/s1. The van der Waals surface area contributed by atoms with Gasteiger partial charge in [-0.15, -0.1) is 5.06 Å². The van der Waals surface area contributed by atoms with E-state index in [1.807, 2.05) is 6.92 Å². The van der Waals surface area contributed by atoms with Crippen LogP contribution in [0, 0.1) is 0 Å². The van der Waals surface area contributed by atoms with E-state index in [0.29, 0.717) is 11.5 Å². The molecule has 0 saturated carbocycles. The van der Waals surface area contributed by atoms with E-state index >= 15 is 0 Å². The number of hydroxylamine groups is 2. The van der Waals surface area contributed by atoms with Crippen molar-refractivity contribution in [3.63, 3.8) is 0 Å². The number of carbonyl (C=O) groups is 5. The zero-order chi connectivity index (χ0) is 18.3. The Hall–Kier alpha value is -2.45. The molecule has 134 valence electrons. The largest absolute Gasteiger partial charge is 0.354 e. The van der Waals surface area contributed by atoms with Crippen molar-refractivity contribution >= 4 is 29.6 Å². The lowest BCUT2D eigenvalue weighted by molar-refractivity contribution is -0.198. The summed E-state index contributed by atoms with van der Waals surface area (Å²) in [6, 6.07) is -1.90. The molecule has 9 heteroatoms. The van der Waals surface area contributed by atoms with E-state index in [1.54, 1.807) is 0 Å². The van der Waals surface area contributed by atoms with Crippen LogP contribution in [0.1, 0.15) is 52.9 Å². The average molecular weight is 341 g/mol. The number of imide groups is 1. The maximum Gasteiger partial charge on any atom is 0.354 e. The Morgan fingerprint density at radius 3 is 2.21 bits per heavy atom. The number of hydrogen-bond donors (Lipinski definition) is 2. The molecule has 2 N–H and O–H groups in total. The van der Waals surface area contributed by atoms with Crippen LogP contribution < -0.4 is 10.6 Å². The summed E-state index contributed by atoms with van der Waals surface area (Å²) in [4.78, 5) is 62.8. The van der Waals surface area contributed by atoms with Crippen molar-refractivity contribution in [2.45, 2.75) is 65.0 Å². The van der Waals surface area contributed by atoms with Gasteiger partial charge in [0, 0.05) is 19.3 Å². The zero-order valence-corrected chi connectivity index (χ0v) is 14.1. The minimum Gasteiger partial charge on any atom is -0.345 e. The highest BCUT2D eigenvalue weighted by Gasteiger charge is 2.34. The Labute approximate surface area is 140 Å². The summed E-state index contributed by atoms with van der Waals surface area (Å²) in [6.45, 7) is 4.80. The Kier molecular flexibility index (Phi) is 7.34. The van der Waals surface area contributed by atoms with E-state index in [1.165, 1.54) is 13.8 Å². The SMILES string of the molecule is CCCCC(=O)N[C@@H](C)C(=O)N[C@@H](C)C(=O)ON1C(=O)CCC1=O. The van der Waals surface area contributed by atoms with Gasteiger partial charge in [0.2, 0.25) is 11.8 Å². The third kappa shape index (κ3) is 5.64. The van der Waals surface area contributed by atoms with Gasteiger partial charge in [-0.3, -0.25) is 19.2 Å². The van der Waals surface area contributed by atoms with E-state index < -0.39 is 35.8 Å². The molecule has 0 bridgehead atoms. The van der Waals surface area contributed by atoms with Crippen molar-refractivity contribution in [1.82, 2.24) is 15.7 Å². The third-order valence-corrected chi connectivity index (χ3v) is 3.43. The molecule has 0 aromatic carbocycles. The van der Waals surface area contributed by atoms with Gasteiger partial charge in [0.25, 0.3) is 11.8 Å². The number of rotatable bonds is 8. The van der Waals surface area contributed by atoms with Gasteiger partial charge < -0.3 is 15.5 Å². The van der Waals surface area contributed by atoms with Crippen molar-refractivity contribution in [3.8, 4) is 0 Å². The number of amides is 4. The molecule has 0 aromatic rings. The highest BCUT2D eigenvalue weighted by molar-refractivity contribution is 6.02. The van der Waals surface area contributed by atoms with Gasteiger partial charge >= 0.3 is 5.97 Å². The van der Waals surface area contributed by atoms with Crippen molar-refractivity contribution < 1.29 is 28.8 Å². The van der Waals surface area contributed by atoms with E-state index in [9.17, 15) is 24.0 Å². The van der Waals surface area contributed by atoms with E-state index in [0.717, 1.165) is 12.8 Å². The van der Waals surface area contributed by atoms with Crippen LogP contribution in [0.25, 0.3) is 0 Å². The molecule has 0 radical (unpaired) electrons. The lowest BCUT2D eigenvalue weighted by Gasteiger charge is -2.19. The van der Waals surface area contributed by atoms with Crippen molar-refractivity contribution in [2.75, 3.05) is 0 Å². The molecule has 4 amide bonds. The monoisotopic (exact) mass is 341 g/mol. The van der Waals surface area contributed by atoms with Crippen LogP contribution >= 0.6 is 0 Å². The minimum absolute atomic E-state index is 0.00627. The summed E-state index contributed by atoms with van der Waals surface area (Å²) in [5.41, 5.74) is 0. The number of unbranched alkanes of at least 4 members (excludes halogenated alkanes) is 1. The molecule has 0 unspecified atom stereocenters. The smallest absolute Gasteiger partial charge is 0.345 e. The van der Waals surface area contributed by atoms with E-state index in [-0.39, 0.29) is 18.7 Å². The first kappa shape index (κ1) is 19.6. The maximum absolute atomic E-state index is 12.0. The minimum atomic E-state index is -1.08.